The molecule has 0 saturated heterocycles. The lowest BCUT2D eigenvalue weighted by molar-refractivity contribution is 0.154. The molecule has 2 atom stereocenters. The first-order valence-corrected chi connectivity index (χ1v) is 5.07. The first-order chi connectivity index (χ1) is 7.65. The van der Waals surface area contributed by atoms with Crippen LogP contribution in [0, 0.1) is 11.5 Å². The first-order valence-electron chi connectivity index (χ1n) is 5.07. The predicted octanol–water partition coefficient (Wildman–Crippen LogP) is 1.60. The minimum Gasteiger partial charge on any atom is -0.386 e. The number of hydrogen-bond donors (Lipinski definition) is 2. The summed E-state index contributed by atoms with van der Waals surface area (Å²) < 4.78 is 0. The van der Waals surface area contributed by atoms with Crippen LogP contribution in [-0.4, -0.2) is 17.0 Å². The molecule has 4 heteroatoms. The Morgan fingerprint density at radius 2 is 2.06 bits per heavy atom. The number of benzene rings is 1. The summed E-state index contributed by atoms with van der Waals surface area (Å²) in [6.45, 7) is 3.50. The van der Waals surface area contributed by atoms with Crippen molar-refractivity contribution >= 4 is 5.84 Å². The van der Waals surface area contributed by atoms with Gasteiger partial charge < -0.3 is 5.11 Å². The number of aliphatic imine (C=N–C) groups is 1. The largest absolute Gasteiger partial charge is 0.386 e. The highest BCUT2D eigenvalue weighted by Gasteiger charge is 2.14. The lowest BCUT2D eigenvalue weighted by atomic mass is 10.0. The molecule has 1 rings (SSSR count). The molecular weight excluding hydrogens is 202 g/mol. The summed E-state index contributed by atoms with van der Waals surface area (Å²) in [7, 11) is 0. The number of aliphatic hydroxyl groups is 1. The van der Waals surface area contributed by atoms with E-state index in [2.05, 4.69) is 10.3 Å². The van der Waals surface area contributed by atoms with Crippen LogP contribution in [0.5, 0.6) is 0 Å². The van der Waals surface area contributed by atoms with Gasteiger partial charge in [-0.3, -0.25) is 10.3 Å². The molecule has 16 heavy (non-hydrogen) atoms. The van der Waals surface area contributed by atoms with Gasteiger partial charge in [0.05, 0.1) is 6.04 Å². The van der Waals surface area contributed by atoms with Crippen molar-refractivity contribution < 1.29 is 5.11 Å². The zero-order valence-corrected chi connectivity index (χ0v) is 9.38. The first kappa shape index (κ1) is 12.2. The Hall–Kier alpha value is -1.86. The summed E-state index contributed by atoms with van der Waals surface area (Å²) in [4.78, 5) is 4.18. The smallest absolute Gasteiger partial charge is 0.182 e. The van der Waals surface area contributed by atoms with Crippen molar-refractivity contribution in [2.45, 2.75) is 26.0 Å². The van der Waals surface area contributed by atoms with Gasteiger partial charge in [-0.1, -0.05) is 30.3 Å². The van der Waals surface area contributed by atoms with Crippen LogP contribution in [0.25, 0.3) is 0 Å². The molecule has 0 fully saturated rings. The van der Waals surface area contributed by atoms with E-state index in [4.69, 9.17) is 5.26 Å². The van der Waals surface area contributed by atoms with E-state index in [1.807, 2.05) is 30.3 Å². The number of nitrogens with zero attached hydrogens (tertiary/aromatic N) is 2. The Labute approximate surface area is 95.3 Å². The number of nitrogens with one attached hydrogen (secondary N) is 1. The second kappa shape index (κ2) is 5.89. The summed E-state index contributed by atoms with van der Waals surface area (Å²) in [6.07, 6.45) is 1.13. The van der Waals surface area contributed by atoms with Crippen LogP contribution in [-0.2, 0) is 0 Å². The molecule has 4 nitrogen and oxygen atoms in total. The second-order valence-electron chi connectivity index (χ2n) is 3.55. The highest BCUT2D eigenvalue weighted by Crippen LogP contribution is 2.18. The summed E-state index contributed by atoms with van der Waals surface area (Å²) in [6, 6.07) is 9.05. The van der Waals surface area contributed by atoms with Crippen LogP contribution >= 0.6 is 0 Å². The summed E-state index contributed by atoms with van der Waals surface area (Å²) in [5, 5.41) is 20.8. The maximum Gasteiger partial charge on any atom is 0.182 e. The van der Waals surface area contributed by atoms with E-state index in [-0.39, 0.29) is 6.04 Å². The summed E-state index contributed by atoms with van der Waals surface area (Å²) in [5.74, 6) is 0.505. The van der Waals surface area contributed by atoms with Crippen LogP contribution in [0.3, 0.4) is 0 Å². The number of rotatable bonds is 3. The van der Waals surface area contributed by atoms with E-state index >= 15 is 0 Å². The van der Waals surface area contributed by atoms with Crippen LogP contribution in [0.4, 0.5) is 0 Å². The highest BCUT2D eigenvalue weighted by atomic mass is 16.3. The second-order valence-corrected chi connectivity index (χ2v) is 3.55. The molecule has 0 aliphatic heterocycles. The molecule has 0 bridgehead atoms. The molecule has 0 spiro atoms. The zero-order chi connectivity index (χ0) is 12.0. The maximum absolute atomic E-state index is 9.99. The molecule has 0 heterocycles. The van der Waals surface area contributed by atoms with Crippen molar-refractivity contribution in [3.8, 4) is 6.19 Å². The van der Waals surface area contributed by atoms with Gasteiger partial charge in [0, 0.05) is 0 Å². The lowest BCUT2D eigenvalue weighted by Crippen LogP contribution is -2.20. The minimum absolute atomic E-state index is 0.289. The third-order valence-electron chi connectivity index (χ3n) is 2.23. The molecular formula is C12H15N3O. The third kappa shape index (κ3) is 3.37. The quantitative estimate of drug-likeness (QED) is 0.350. The Morgan fingerprint density at radius 3 is 2.62 bits per heavy atom. The van der Waals surface area contributed by atoms with Gasteiger partial charge in [0.1, 0.15) is 11.9 Å². The maximum atomic E-state index is 9.99. The lowest BCUT2D eigenvalue weighted by Gasteiger charge is -2.16. The van der Waals surface area contributed by atoms with Crippen molar-refractivity contribution in [3.63, 3.8) is 0 Å². The van der Waals surface area contributed by atoms with Gasteiger partial charge in [0.2, 0.25) is 0 Å². The summed E-state index contributed by atoms with van der Waals surface area (Å²) in [5.41, 5.74) is 0.823. The standard InChI is InChI=1S/C12H15N3O/c1-9(15-10(2)14-8-13)12(16)11-6-4-3-5-7-11/h3-7,9,12,16H,1-2H3,(H,14,15)/t9-,12?/m0/s1. The monoisotopic (exact) mass is 217 g/mol. The third-order valence-corrected chi connectivity index (χ3v) is 2.23. The van der Waals surface area contributed by atoms with Crippen molar-refractivity contribution in [2.75, 3.05) is 0 Å². The van der Waals surface area contributed by atoms with Crippen molar-refractivity contribution in [1.29, 1.82) is 5.26 Å². The molecule has 1 aromatic carbocycles. The molecule has 84 valence electrons. The Kier molecular flexibility index (Phi) is 4.49. The van der Waals surface area contributed by atoms with E-state index in [0.29, 0.717) is 5.84 Å². The molecule has 0 amide bonds. The number of aliphatic hydroxyl groups excluding tert-OH is 1. The Balaban J connectivity index is 2.72. The van der Waals surface area contributed by atoms with Gasteiger partial charge >= 0.3 is 0 Å². The van der Waals surface area contributed by atoms with E-state index in [0.717, 1.165) is 5.56 Å². The van der Waals surface area contributed by atoms with Crippen LogP contribution in [0.2, 0.25) is 0 Å². The fourth-order valence-electron chi connectivity index (χ4n) is 1.42. The molecule has 0 aromatic heterocycles. The van der Waals surface area contributed by atoms with Crippen LogP contribution < -0.4 is 5.32 Å². The molecule has 2 N–H and O–H groups in total. The summed E-state index contributed by atoms with van der Waals surface area (Å²) >= 11 is 0. The van der Waals surface area contributed by atoms with E-state index in [1.165, 1.54) is 0 Å². The zero-order valence-electron chi connectivity index (χ0n) is 9.38. The molecule has 0 aliphatic carbocycles. The number of nitriles is 1. The molecule has 1 aromatic rings. The topological polar surface area (TPSA) is 68.4 Å². The van der Waals surface area contributed by atoms with Gasteiger partial charge in [0.15, 0.2) is 6.19 Å². The fourth-order valence-corrected chi connectivity index (χ4v) is 1.42. The van der Waals surface area contributed by atoms with Crippen LogP contribution in [0.1, 0.15) is 25.5 Å². The van der Waals surface area contributed by atoms with Crippen molar-refractivity contribution in [3.05, 3.63) is 35.9 Å². The minimum atomic E-state index is -0.656. The number of amidine groups is 1. The van der Waals surface area contributed by atoms with Gasteiger partial charge in [-0.15, -0.1) is 0 Å². The van der Waals surface area contributed by atoms with Gasteiger partial charge in [-0.05, 0) is 19.4 Å². The predicted molar refractivity (Wildman–Crippen MR) is 62.7 cm³/mol. The molecule has 0 aliphatic rings. The number of hydrogen-bond acceptors (Lipinski definition) is 3. The van der Waals surface area contributed by atoms with Gasteiger partial charge in [0.25, 0.3) is 0 Å². The molecule has 0 saturated carbocycles. The Bertz CT molecular complexity index is 394. The Morgan fingerprint density at radius 1 is 1.44 bits per heavy atom. The molecule has 0 radical (unpaired) electrons. The molecule has 1 unspecified atom stereocenters. The van der Waals surface area contributed by atoms with Gasteiger partial charge in [-0.2, -0.15) is 5.26 Å². The average Bonchev–Trinajstić information content (AvgIpc) is 2.29. The normalized spacial score (nSPS) is 15.0. The van der Waals surface area contributed by atoms with E-state index in [9.17, 15) is 5.11 Å². The van der Waals surface area contributed by atoms with Gasteiger partial charge in [-0.25, -0.2) is 0 Å². The highest BCUT2D eigenvalue weighted by molar-refractivity contribution is 5.81. The van der Waals surface area contributed by atoms with E-state index < -0.39 is 6.10 Å². The van der Waals surface area contributed by atoms with Crippen LogP contribution in [0.15, 0.2) is 35.3 Å². The van der Waals surface area contributed by atoms with Crippen molar-refractivity contribution in [1.82, 2.24) is 5.32 Å². The average molecular weight is 217 g/mol. The fraction of sp³-hybridized carbons (Fsp3) is 0.333. The SMILES string of the molecule is CC(=N[C@@H](C)C(O)c1ccccc1)NC#N. The van der Waals surface area contributed by atoms with Crippen molar-refractivity contribution in [2.24, 2.45) is 4.99 Å². The van der Waals surface area contributed by atoms with E-state index in [1.54, 1.807) is 20.0 Å².